The standard InChI is InChI=1S/C33H43NO4/c1-6-7-9-15-26(21-31(36)34-29-20-25(22-35)18-19-28(29)33(2,3)4)27-16-12-17-30(37-5)32(27)38-23-24-13-10-8-11-14-24/h8,10-14,16-20,26,35H,6-7,9,15,21-23H2,1-5H3,(H,34,36). The zero-order valence-electron chi connectivity index (χ0n) is 23.5. The van der Waals surface area contributed by atoms with Crippen molar-refractivity contribution in [2.24, 2.45) is 0 Å². The highest BCUT2D eigenvalue weighted by atomic mass is 16.5. The lowest BCUT2D eigenvalue weighted by molar-refractivity contribution is -0.116. The Balaban J connectivity index is 1.89. The van der Waals surface area contributed by atoms with E-state index in [-0.39, 0.29) is 23.8 Å². The smallest absolute Gasteiger partial charge is 0.224 e. The zero-order valence-corrected chi connectivity index (χ0v) is 23.5. The number of para-hydroxylation sites is 1. The van der Waals surface area contributed by atoms with Crippen LogP contribution in [-0.4, -0.2) is 18.1 Å². The van der Waals surface area contributed by atoms with Gasteiger partial charge in [-0.1, -0.05) is 102 Å². The number of nitrogens with one attached hydrogen (secondary N) is 1. The molecule has 3 aromatic carbocycles. The summed E-state index contributed by atoms with van der Waals surface area (Å²) >= 11 is 0. The first-order valence-electron chi connectivity index (χ1n) is 13.6. The molecule has 0 saturated carbocycles. The minimum Gasteiger partial charge on any atom is -0.493 e. The van der Waals surface area contributed by atoms with E-state index in [1.807, 2.05) is 60.7 Å². The molecule has 5 nitrogen and oxygen atoms in total. The van der Waals surface area contributed by atoms with E-state index in [1.54, 1.807) is 7.11 Å². The molecule has 204 valence electrons. The molecule has 0 aliphatic heterocycles. The van der Waals surface area contributed by atoms with Crippen LogP contribution in [0, 0.1) is 0 Å². The third-order valence-corrected chi connectivity index (χ3v) is 6.83. The van der Waals surface area contributed by atoms with Crippen molar-refractivity contribution in [2.45, 2.75) is 84.3 Å². The zero-order chi connectivity index (χ0) is 27.5. The summed E-state index contributed by atoms with van der Waals surface area (Å²) < 4.78 is 12.0. The van der Waals surface area contributed by atoms with Crippen LogP contribution in [0.3, 0.4) is 0 Å². The average molecular weight is 518 g/mol. The molecule has 2 N–H and O–H groups in total. The third kappa shape index (κ3) is 8.09. The van der Waals surface area contributed by atoms with Crippen molar-refractivity contribution in [3.63, 3.8) is 0 Å². The molecule has 3 aromatic rings. The molecule has 0 radical (unpaired) electrons. The van der Waals surface area contributed by atoms with Crippen LogP contribution in [0.2, 0.25) is 0 Å². The highest BCUT2D eigenvalue weighted by Gasteiger charge is 2.24. The number of amides is 1. The number of methoxy groups -OCH3 is 1. The number of anilines is 1. The van der Waals surface area contributed by atoms with Gasteiger partial charge in [-0.15, -0.1) is 0 Å². The van der Waals surface area contributed by atoms with E-state index in [1.165, 1.54) is 0 Å². The summed E-state index contributed by atoms with van der Waals surface area (Å²) in [5.41, 5.74) is 4.49. The number of hydrogen-bond donors (Lipinski definition) is 2. The summed E-state index contributed by atoms with van der Waals surface area (Å²) in [4.78, 5) is 13.5. The molecule has 0 spiro atoms. The second-order valence-electron chi connectivity index (χ2n) is 10.9. The first-order valence-corrected chi connectivity index (χ1v) is 13.6. The van der Waals surface area contributed by atoms with Gasteiger partial charge < -0.3 is 19.9 Å². The van der Waals surface area contributed by atoms with E-state index in [9.17, 15) is 9.90 Å². The molecule has 38 heavy (non-hydrogen) atoms. The van der Waals surface area contributed by atoms with Crippen LogP contribution in [0.15, 0.2) is 66.7 Å². The molecule has 0 saturated heterocycles. The van der Waals surface area contributed by atoms with Crippen molar-refractivity contribution in [1.29, 1.82) is 0 Å². The second-order valence-corrected chi connectivity index (χ2v) is 10.9. The minimum atomic E-state index is -0.150. The topological polar surface area (TPSA) is 67.8 Å². The van der Waals surface area contributed by atoms with E-state index in [4.69, 9.17) is 9.47 Å². The van der Waals surface area contributed by atoms with Gasteiger partial charge in [0.2, 0.25) is 5.91 Å². The number of ether oxygens (including phenoxy) is 2. The van der Waals surface area contributed by atoms with Gasteiger partial charge >= 0.3 is 0 Å². The maximum Gasteiger partial charge on any atom is 0.224 e. The molecular weight excluding hydrogens is 474 g/mol. The molecule has 1 unspecified atom stereocenters. The Bertz CT molecular complexity index is 1170. The first kappa shape index (κ1) is 29.2. The molecule has 1 amide bonds. The SMILES string of the molecule is CCCCCC(CC(=O)Nc1cc(CO)ccc1C(C)(C)C)c1cccc(OC)c1OCc1ccccc1. The highest BCUT2D eigenvalue weighted by molar-refractivity contribution is 5.92. The highest BCUT2D eigenvalue weighted by Crippen LogP contribution is 2.40. The Morgan fingerprint density at radius 3 is 2.39 bits per heavy atom. The normalized spacial score (nSPS) is 12.2. The summed E-state index contributed by atoms with van der Waals surface area (Å²) in [5.74, 6) is 1.29. The van der Waals surface area contributed by atoms with Gasteiger partial charge in [-0.3, -0.25) is 4.79 Å². The number of carbonyl (C=O) groups excluding carboxylic acids is 1. The van der Waals surface area contributed by atoms with E-state index in [0.29, 0.717) is 24.5 Å². The number of rotatable bonds is 13. The lowest BCUT2D eigenvalue weighted by atomic mass is 9.85. The van der Waals surface area contributed by atoms with Crippen molar-refractivity contribution in [3.05, 3.63) is 89.0 Å². The summed E-state index contributed by atoms with van der Waals surface area (Å²) in [6.07, 6.45) is 4.44. The Labute approximate surface area is 228 Å². The van der Waals surface area contributed by atoms with E-state index >= 15 is 0 Å². The van der Waals surface area contributed by atoms with Crippen molar-refractivity contribution in [3.8, 4) is 11.5 Å². The molecule has 0 heterocycles. The summed E-state index contributed by atoms with van der Waals surface area (Å²) in [6, 6.07) is 21.8. The molecule has 1 atom stereocenters. The summed E-state index contributed by atoms with van der Waals surface area (Å²) in [6.45, 7) is 8.90. The predicted octanol–water partition coefficient (Wildman–Crippen LogP) is 7.76. The average Bonchev–Trinajstić information content (AvgIpc) is 2.91. The van der Waals surface area contributed by atoms with E-state index < -0.39 is 0 Å². The fourth-order valence-electron chi connectivity index (χ4n) is 4.78. The second kappa shape index (κ2) is 14.0. The van der Waals surface area contributed by atoms with Gasteiger partial charge in [0.05, 0.1) is 13.7 Å². The number of unbranched alkanes of at least 4 members (excludes halogenated alkanes) is 2. The van der Waals surface area contributed by atoms with Crippen LogP contribution in [0.5, 0.6) is 11.5 Å². The van der Waals surface area contributed by atoms with E-state index in [0.717, 1.165) is 53.6 Å². The third-order valence-electron chi connectivity index (χ3n) is 6.83. The van der Waals surface area contributed by atoms with Crippen LogP contribution in [0.25, 0.3) is 0 Å². The molecule has 5 heteroatoms. The predicted molar refractivity (Wildman–Crippen MR) is 155 cm³/mol. The number of benzene rings is 3. The first-order chi connectivity index (χ1) is 18.3. The van der Waals surface area contributed by atoms with Crippen LogP contribution in [0.4, 0.5) is 5.69 Å². The summed E-state index contributed by atoms with van der Waals surface area (Å²) in [5, 5.41) is 12.8. The van der Waals surface area contributed by atoms with Gasteiger partial charge in [-0.05, 0) is 46.6 Å². The van der Waals surface area contributed by atoms with Crippen LogP contribution in [-0.2, 0) is 23.4 Å². The van der Waals surface area contributed by atoms with Crippen molar-refractivity contribution in [2.75, 3.05) is 12.4 Å². The number of aliphatic hydroxyl groups is 1. The number of carbonyl (C=O) groups is 1. The van der Waals surface area contributed by atoms with Crippen molar-refractivity contribution in [1.82, 2.24) is 0 Å². The van der Waals surface area contributed by atoms with Crippen molar-refractivity contribution < 1.29 is 19.4 Å². The largest absolute Gasteiger partial charge is 0.493 e. The molecule has 0 bridgehead atoms. The van der Waals surface area contributed by atoms with Crippen molar-refractivity contribution >= 4 is 11.6 Å². The maximum absolute atomic E-state index is 13.5. The fourth-order valence-corrected chi connectivity index (χ4v) is 4.78. The lowest BCUT2D eigenvalue weighted by Gasteiger charge is -2.25. The van der Waals surface area contributed by atoms with Gasteiger partial charge in [0.15, 0.2) is 11.5 Å². The molecular formula is C33H43NO4. The Kier molecular flexibility index (Phi) is 10.8. The maximum atomic E-state index is 13.5. The van der Waals surface area contributed by atoms with Gasteiger partial charge in [-0.2, -0.15) is 0 Å². The quantitative estimate of drug-likeness (QED) is 0.227. The lowest BCUT2D eigenvalue weighted by Crippen LogP contribution is -2.21. The Hall–Kier alpha value is -3.31. The van der Waals surface area contributed by atoms with Gasteiger partial charge in [0, 0.05) is 17.7 Å². The molecule has 0 aromatic heterocycles. The molecule has 0 fully saturated rings. The van der Waals surface area contributed by atoms with Crippen LogP contribution in [0.1, 0.15) is 88.0 Å². The minimum absolute atomic E-state index is 0.0264. The van der Waals surface area contributed by atoms with Crippen LogP contribution >= 0.6 is 0 Å². The van der Waals surface area contributed by atoms with Crippen LogP contribution < -0.4 is 14.8 Å². The molecule has 0 aliphatic rings. The van der Waals surface area contributed by atoms with E-state index in [2.05, 4.69) is 39.1 Å². The van der Waals surface area contributed by atoms with Gasteiger partial charge in [0.25, 0.3) is 0 Å². The number of hydrogen-bond acceptors (Lipinski definition) is 4. The fraction of sp³-hybridized carbons (Fsp3) is 0.424. The molecule has 0 aliphatic carbocycles. The monoisotopic (exact) mass is 517 g/mol. The van der Waals surface area contributed by atoms with Gasteiger partial charge in [0.1, 0.15) is 6.61 Å². The molecule has 3 rings (SSSR count). The van der Waals surface area contributed by atoms with Gasteiger partial charge in [-0.25, -0.2) is 0 Å². The number of aliphatic hydroxyl groups excluding tert-OH is 1. The Morgan fingerprint density at radius 2 is 1.74 bits per heavy atom. The Morgan fingerprint density at radius 1 is 0.974 bits per heavy atom. The summed E-state index contributed by atoms with van der Waals surface area (Å²) in [7, 11) is 1.65.